The molecule has 10 nitrogen and oxygen atoms in total. The normalized spacial score (nSPS) is 27.9. The van der Waals surface area contributed by atoms with E-state index in [0.717, 1.165) is 39.1 Å². The molecule has 2 aliphatic carbocycles. The number of benzene rings is 3. The van der Waals surface area contributed by atoms with Crippen LogP contribution in [0.15, 0.2) is 72.3 Å². The number of imide groups is 2. The van der Waals surface area contributed by atoms with E-state index in [1.165, 1.54) is 0 Å². The first-order valence-electron chi connectivity index (χ1n) is 16.5. The monoisotopic (exact) mass is 848 g/mol. The van der Waals surface area contributed by atoms with E-state index >= 15 is 0 Å². The Hall–Kier alpha value is -4.53. The zero-order valence-electron chi connectivity index (χ0n) is 28.4. The van der Waals surface area contributed by atoms with Crippen LogP contribution in [0.1, 0.15) is 35.4 Å². The van der Waals surface area contributed by atoms with Crippen molar-refractivity contribution in [3.63, 3.8) is 0 Å². The summed E-state index contributed by atoms with van der Waals surface area (Å²) in [4.78, 5) is 53.6. The molecule has 282 valence electrons. The molecule has 7 rings (SSSR count). The highest BCUT2D eigenvalue weighted by atomic mass is 79.9. The molecular formula is C38H30BrCl2F3N2O8. The number of carbonyl (C=O) groups excluding carboxylic acids is 4. The average Bonchev–Trinajstić information content (AvgIpc) is 3.48. The van der Waals surface area contributed by atoms with Crippen LogP contribution in [0.4, 0.5) is 18.9 Å². The van der Waals surface area contributed by atoms with Gasteiger partial charge in [0.25, 0.3) is 11.8 Å². The Morgan fingerprint density at radius 1 is 0.907 bits per heavy atom. The van der Waals surface area contributed by atoms with E-state index in [-0.39, 0.29) is 29.4 Å². The van der Waals surface area contributed by atoms with Gasteiger partial charge in [-0.25, -0.2) is 0 Å². The van der Waals surface area contributed by atoms with Crippen molar-refractivity contribution >= 4 is 80.6 Å². The minimum atomic E-state index is -5.10. The molecule has 6 atom stereocenters. The predicted octanol–water partition coefficient (Wildman–Crippen LogP) is 7.39. The topological polar surface area (TPSA) is 123 Å². The lowest BCUT2D eigenvalue weighted by Gasteiger charge is -2.50. The molecular weight excluding hydrogens is 820 g/mol. The number of amides is 4. The van der Waals surface area contributed by atoms with Gasteiger partial charge in [0.15, 0.2) is 9.75 Å². The van der Waals surface area contributed by atoms with Crippen molar-refractivity contribution in [1.29, 1.82) is 0 Å². The molecule has 3 aromatic rings. The van der Waals surface area contributed by atoms with Crippen LogP contribution in [-0.4, -0.2) is 69.4 Å². The third-order valence-corrected chi connectivity index (χ3v) is 12.5. The number of likely N-dealkylation sites (tertiary alicyclic amines) is 1. The average molecular weight is 850 g/mol. The molecule has 0 bridgehead atoms. The van der Waals surface area contributed by atoms with Crippen molar-refractivity contribution in [2.75, 3.05) is 24.6 Å². The number of hydrogen-bond donors (Lipinski definition) is 1. The molecule has 2 heterocycles. The van der Waals surface area contributed by atoms with Gasteiger partial charge < -0.3 is 19.3 Å². The SMILES string of the molecule is COc1ccc(OC)c(C=Cc2ccc(N3C(=O)[C@H]4[C@H](CC=C5[C@H]4C[C@@]4(Cl)C(=O)N(CBr)C(=O)[C@@]4(Cl)[C@H]5c4cc(OC(F)(F)F)ccc4O)C3=O)cc2)c1. The number of rotatable bonds is 8. The van der Waals surface area contributed by atoms with Crippen LogP contribution in [0, 0.1) is 17.8 Å². The maximum atomic E-state index is 14.4. The molecule has 0 unspecified atom stereocenters. The highest BCUT2D eigenvalue weighted by Gasteiger charge is 2.76. The Kier molecular flexibility index (Phi) is 9.54. The van der Waals surface area contributed by atoms with E-state index < -0.39 is 74.9 Å². The standard InChI is InChI=1S/C38H30BrCl2F3N2O8/c1-52-22-10-14-29(53-2)20(15-22)6-3-19-4-7-21(8-5-19)46-32(48)25-12-11-24-27(30(25)33(46)49)17-36(40)34(50)45(18-39)35(51)37(36,41)31(24)26-16-23(9-13-28(26)47)54-38(42,43)44/h3-11,13-16,25,27,30-31,47H,12,17-18H2,1-2H3/t25-,27+,30-,31+,36+,37-/m0/s1. The molecule has 4 amide bonds. The van der Waals surface area contributed by atoms with Gasteiger partial charge in [0.1, 0.15) is 23.0 Å². The number of allylic oxidation sites excluding steroid dienone is 2. The van der Waals surface area contributed by atoms with Crippen LogP contribution in [0.5, 0.6) is 23.0 Å². The van der Waals surface area contributed by atoms with Crippen LogP contribution in [0.25, 0.3) is 12.2 Å². The fraction of sp³-hybridized carbons (Fsp3) is 0.316. The third-order valence-electron chi connectivity index (χ3n) is 10.6. The van der Waals surface area contributed by atoms with Gasteiger partial charge in [-0.05, 0) is 72.9 Å². The molecule has 3 aromatic carbocycles. The van der Waals surface area contributed by atoms with Gasteiger partial charge >= 0.3 is 6.36 Å². The number of fused-ring (bicyclic) bond motifs is 4. The van der Waals surface area contributed by atoms with Crippen molar-refractivity contribution < 1.29 is 51.7 Å². The zero-order valence-corrected chi connectivity index (χ0v) is 31.5. The maximum Gasteiger partial charge on any atom is 0.573 e. The number of hydrogen-bond acceptors (Lipinski definition) is 8. The van der Waals surface area contributed by atoms with Crippen LogP contribution in [0.3, 0.4) is 0 Å². The number of halogens is 6. The fourth-order valence-electron chi connectivity index (χ4n) is 8.20. The first-order valence-corrected chi connectivity index (χ1v) is 18.4. The molecule has 0 spiro atoms. The summed E-state index contributed by atoms with van der Waals surface area (Å²) in [5.41, 5.74) is 1.52. The number of phenols is 1. The number of phenolic OH excluding ortho intramolecular Hbond substituents is 1. The van der Waals surface area contributed by atoms with Crippen molar-refractivity contribution in [2.24, 2.45) is 17.8 Å². The highest BCUT2D eigenvalue weighted by molar-refractivity contribution is 9.09. The van der Waals surface area contributed by atoms with Crippen LogP contribution < -0.4 is 19.1 Å². The first-order chi connectivity index (χ1) is 25.6. The smallest absolute Gasteiger partial charge is 0.508 e. The van der Waals surface area contributed by atoms with E-state index in [0.29, 0.717) is 17.2 Å². The predicted molar refractivity (Wildman–Crippen MR) is 196 cm³/mol. The van der Waals surface area contributed by atoms with Gasteiger partial charge in [-0.3, -0.25) is 29.0 Å². The fourth-order valence-corrected chi connectivity index (χ4v) is 9.62. The highest BCUT2D eigenvalue weighted by Crippen LogP contribution is 2.66. The van der Waals surface area contributed by atoms with Gasteiger partial charge in [-0.2, -0.15) is 0 Å². The van der Waals surface area contributed by atoms with E-state index in [2.05, 4.69) is 20.7 Å². The third kappa shape index (κ3) is 5.84. The quantitative estimate of drug-likeness (QED) is 0.0819. The Bertz CT molecular complexity index is 2150. The Labute approximate surface area is 325 Å². The van der Waals surface area contributed by atoms with E-state index in [1.807, 2.05) is 18.2 Å². The second kappa shape index (κ2) is 13.6. The summed E-state index contributed by atoms with van der Waals surface area (Å²) in [6.07, 6.45) is -0.178. The summed E-state index contributed by atoms with van der Waals surface area (Å²) in [7, 11) is 3.11. The summed E-state index contributed by atoms with van der Waals surface area (Å²) in [5, 5.41) is 11.1. The number of nitrogens with zero attached hydrogens (tertiary/aromatic N) is 2. The molecule has 1 N–H and O–H groups in total. The molecule has 16 heteroatoms. The van der Waals surface area contributed by atoms with Gasteiger partial charge in [-0.15, -0.1) is 36.4 Å². The summed E-state index contributed by atoms with van der Waals surface area (Å²) in [6, 6.07) is 14.8. The number of alkyl halides is 6. The lowest BCUT2D eigenvalue weighted by molar-refractivity contribution is -0.274. The second-order valence-corrected chi connectivity index (χ2v) is 15.0. The summed E-state index contributed by atoms with van der Waals surface area (Å²) in [5.74, 6) is -7.35. The van der Waals surface area contributed by atoms with Crippen LogP contribution in [-0.2, 0) is 19.2 Å². The molecule has 3 fully saturated rings. The lowest BCUT2D eigenvalue weighted by atomic mass is 9.56. The lowest BCUT2D eigenvalue weighted by Crippen LogP contribution is -2.60. The number of aromatic hydroxyl groups is 1. The summed E-state index contributed by atoms with van der Waals surface area (Å²) in [6.45, 7) is 0. The minimum Gasteiger partial charge on any atom is -0.508 e. The minimum absolute atomic E-state index is 0.00329. The van der Waals surface area contributed by atoms with E-state index in [1.54, 1.807) is 56.7 Å². The molecule has 0 radical (unpaired) electrons. The largest absolute Gasteiger partial charge is 0.573 e. The van der Waals surface area contributed by atoms with Crippen LogP contribution in [0.2, 0.25) is 0 Å². The van der Waals surface area contributed by atoms with Gasteiger partial charge in [0.05, 0.1) is 37.2 Å². The number of carbonyl (C=O) groups is 4. The number of ether oxygens (including phenoxy) is 3. The molecule has 2 saturated heterocycles. The van der Waals surface area contributed by atoms with Crippen molar-refractivity contribution in [3.05, 3.63) is 89.0 Å². The molecule has 1 saturated carbocycles. The Balaban J connectivity index is 1.25. The van der Waals surface area contributed by atoms with Gasteiger partial charge in [0.2, 0.25) is 11.8 Å². The first kappa shape index (κ1) is 37.8. The summed E-state index contributed by atoms with van der Waals surface area (Å²) >= 11 is 17.5. The molecule has 4 aliphatic rings. The van der Waals surface area contributed by atoms with Gasteiger partial charge in [-0.1, -0.05) is 51.9 Å². The Morgan fingerprint density at radius 3 is 2.26 bits per heavy atom. The van der Waals surface area contributed by atoms with Crippen molar-refractivity contribution in [3.8, 4) is 23.0 Å². The molecule has 54 heavy (non-hydrogen) atoms. The maximum absolute atomic E-state index is 14.4. The van der Waals surface area contributed by atoms with Crippen LogP contribution >= 0.6 is 39.1 Å². The second-order valence-electron chi connectivity index (χ2n) is 13.3. The summed E-state index contributed by atoms with van der Waals surface area (Å²) < 4.78 is 54.7. The van der Waals surface area contributed by atoms with Crippen molar-refractivity contribution in [1.82, 2.24) is 4.90 Å². The van der Waals surface area contributed by atoms with E-state index in [9.17, 15) is 37.5 Å². The van der Waals surface area contributed by atoms with E-state index in [4.69, 9.17) is 32.7 Å². The molecule has 2 aliphatic heterocycles. The zero-order chi connectivity index (χ0) is 38.9. The van der Waals surface area contributed by atoms with Crippen molar-refractivity contribution in [2.45, 2.75) is 34.9 Å². The number of methoxy groups -OCH3 is 2. The Morgan fingerprint density at radius 2 is 1.61 bits per heavy atom. The van der Waals surface area contributed by atoms with Gasteiger partial charge in [0, 0.05) is 17.0 Å². The number of anilines is 1. The molecule has 0 aromatic heterocycles.